The molecule has 0 fully saturated rings. The highest BCUT2D eigenvalue weighted by Gasteiger charge is 2.17. The van der Waals surface area contributed by atoms with Gasteiger partial charge in [-0.05, 0) is 37.1 Å². The molecule has 1 aromatic rings. The number of nitrogens with two attached hydrogens (primary N) is 1. The maximum absolute atomic E-state index is 5.75. The topological polar surface area (TPSA) is 29.3 Å². The average Bonchev–Trinajstić information content (AvgIpc) is 2.40. The molecule has 1 atom stereocenters. The van der Waals surface area contributed by atoms with Crippen LogP contribution in [0.3, 0.4) is 0 Å². The maximum atomic E-state index is 5.75. The summed E-state index contributed by atoms with van der Waals surface area (Å²) >= 11 is 0. The van der Waals surface area contributed by atoms with Crippen molar-refractivity contribution in [2.45, 2.75) is 46.6 Å². The quantitative estimate of drug-likeness (QED) is 0.736. The normalized spacial score (nSPS) is 13.2. The minimum Gasteiger partial charge on any atom is -0.399 e. The zero-order valence-electron chi connectivity index (χ0n) is 12.3. The van der Waals surface area contributed by atoms with Gasteiger partial charge in [0.05, 0.1) is 0 Å². The summed E-state index contributed by atoms with van der Waals surface area (Å²) in [6.45, 7) is 11.4. The lowest BCUT2D eigenvalue weighted by Crippen LogP contribution is -2.31. The summed E-state index contributed by atoms with van der Waals surface area (Å²) in [6, 6.07) is 8.76. The molecule has 0 bridgehead atoms. The number of hydrogen-bond acceptors (Lipinski definition) is 2. The molecule has 2 N–H and O–H groups in total. The lowest BCUT2D eigenvalue weighted by molar-refractivity contribution is 0.181. The Bertz CT molecular complexity index is 327. The first-order valence-electron chi connectivity index (χ1n) is 7.21. The van der Waals surface area contributed by atoms with E-state index in [2.05, 4.69) is 44.7 Å². The van der Waals surface area contributed by atoms with Crippen LogP contribution >= 0.6 is 0 Å². The summed E-state index contributed by atoms with van der Waals surface area (Å²) in [5.41, 5.74) is 7.95. The number of hydrogen-bond donors (Lipinski definition) is 1. The molecule has 0 spiro atoms. The third-order valence-corrected chi connectivity index (χ3v) is 4.02. The van der Waals surface area contributed by atoms with Crippen molar-refractivity contribution in [2.75, 3.05) is 18.8 Å². The monoisotopic (exact) mass is 248 g/mol. The van der Waals surface area contributed by atoms with Gasteiger partial charge in [0.25, 0.3) is 0 Å². The molecule has 0 heterocycles. The van der Waals surface area contributed by atoms with E-state index in [9.17, 15) is 0 Å². The second-order valence-corrected chi connectivity index (χ2v) is 5.11. The van der Waals surface area contributed by atoms with Crippen molar-refractivity contribution in [1.82, 2.24) is 4.90 Å². The van der Waals surface area contributed by atoms with Gasteiger partial charge in [0.1, 0.15) is 0 Å². The third kappa shape index (κ3) is 4.02. The zero-order chi connectivity index (χ0) is 13.5. The van der Waals surface area contributed by atoms with E-state index in [1.165, 1.54) is 24.9 Å². The first-order valence-corrected chi connectivity index (χ1v) is 7.21. The Morgan fingerprint density at radius 2 is 1.61 bits per heavy atom. The van der Waals surface area contributed by atoms with E-state index in [-0.39, 0.29) is 0 Å². The van der Waals surface area contributed by atoms with Gasteiger partial charge in [0.2, 0.25) is 0 Å². The van der Waals surface area contributed by atoms with Crippen molar-refractivity contribution in [3.63, 3.8) is 0 Å². The Morgan fingerprint density at radius 1 is 1.06 bits per heavy atom. The maximum Gasteiger partial charge on any atom is 0.0319 e. The van der Waals surface area contributed by atoms with E-state index in [0.29, 0.717) is 6.04 Å². The van der Waals surface area contributed by atoms with E-state index in [1.807, 2.05) is 12.1 Å². The molecule has 0 aliphatic rings. The van der Waals surface area contributed by atoms with E-state index < -0.39 is 0 Å². The van der Waals surface area contributed by atoms with Gasteiger partial charge in [0, 0.05) is 18.3 Å². The summed E-state index contributed by atoms with van der Waals surface area (Å²) in [6.07, 6.45) is 2.53. The highest BCUT2D eigenvalue weighted by atomic mass is 15.1. The molecule has 0 amide bonds. The zero-order valence-corrected chi connectivity index (χ0v) is 12.3. The van der Waals surface area contributed by atoms with Crippen molar-refractivity contribution in [1.29, 1.82) is 0 Å². The fourth-order valence-corrected chi connectivity index (χ4v) is 2.42. The molecule has 1 unspecified atom stereocenters. The molecule has 2 nitrogen and oxygen atoms in total. The van der Waals surface area contributed by atoms with Crippen LogP contribution in [0.4, 0.5) is 5.69 Å². The summed E-state index contributed by atoms with van der Waals surface area (Å²) in [4.78, 5) is 2.56. The van der Waals surface area contributed by atoms with Crippen LogP contribution in [-0.2, 0) is 0 Å². The number of anilines is 1. The molecule has 0 aliphatic carbocycles. The Morgan fingerprint density at radius 3 is 2.06 bits per heavy atom. The van der Waals surface area contributed by atoms with Gasteiger partial charge in [-0.1, -0.05) is 45.7 Å². The van der Waals surface area contributed by atoms with E-state index in [1.54, 1.807) is 0 Å². The third-order valence-electron chi connectivity index (χ3n) is 4.02. The first-order chi connectivity index (χ1) is 8.62. The molecule has 18 heavy (non-hydrogen) atoms. The predicted octanol–water partition coefficient (Wildman–Crippen LogP) is 4.09. The predicted molar refractivity (Wildman–Crippen MR) is 80.6 cm³/mol. The Hall–Kier alpha value is -1.02. The molecular formula is C16H28N2. The molecule has 1 rings (SSSR count). The van der Waals surface area contributed by atoms with Crippen LogP contribution in [0.1, 0.15) is 52.1 Å². The van der Waals surface area contributed by atoms with Crippen LogP contribution in [0.2, 0.25) is 0 Å². The molecule has 0 radical (unpaired) electrons. The fraction of sp³-hybridized carbons (Fsp3) is 0.625. The van der Waals surface area contributed by atoms with Gasteiger partial charge in [-0.15, -0.1) is 0 Å². The second kappa shape index (κ2) is 7.42. The van der Waals surface area contributed by atoms with Gasteiger partial charge >= 0.3 is 0 Å². The summed E-state index contributed by atoms with van der Waals surface area (Å²) in [5, 5.41) is 0. The van der Waals surface area contributed by atoms with Crippen molar-refractivity contribution >= 4 is 5.69 Å². The van der Waals surface area contributed by atoms with Crippen molar-refractivity contribution in [3.8, 4) is 0 Å². The highest BCUT2D eigenvalue weighted by Crippen LogP contribution is 2.23. The van der Waals surface area contributed by atoms with Crippen LogP contribution in [0, 0.1) is 5.92 Å². The molecule has 0 saturated heterocycles. The van der Waals surface area contributed by atoms with Gasteiger partial charge < -0.3 is 5.73 Å². The Labute approximate surface area is 112 Å². The van der Waals surface area contributed by atoms with Gasteiger partial charge in [-0.2, -0.15) is 0 Å². The van der Waals surface area contributed by atoms with E-state index in [0.717, 1.165) is 18.2 Å². The first kappa shape index (κ1) is 15.0. The second-order valence-electron chi connectivity index (χ2n) is 5.11. The largest absolute Gasteiger partial charge is 0.399 e. The average molecular weight is 248 g/mol. The minimum atomic E-state index is 0.469. The molecule has 102 valence electrons. The minimum absolute atomic E-state index is 0.469. The number of rotatable bonds is 7. The van der Waals surface area contributed by atoms with E-state index >= 15 is 0 Å². The van der Waals surface area contributed by atoms with Crippen LogP contribution in [-0.4, -0.2) is 18.0 Å². The number of benzene rings is 1. The van der Waals surface area contributed by atoms with Crippen molar-refractivity contribution < 1.29 is 0 Å². The van der Waals surface area contributed by atoms with Crippen LogP contribution in [0.5, 0.6) is 0 Å². The fourth-order valence-electron chi connectivity index (χ4n) is 2.42. The van der Waals surface area contributed by atoms with Crippen LogP contribution in [0.25, 0.3) is 0 Å². The lowest BCUT2D eigenvalue weighted by atomic mass is 10.00. The molecule has 0 aliphatic heterocycles. The van der Waals surface area contributed by atoms with Crippen molar-refractivity contribution in [2.24, 2.45) is 5.92 Å². The standard InChI is InChI=1S/C16H28N2/c1-5-14(6-2)12-18(7-3)13(4)15-8-10-16(17)11-9-15/h8-11,13-14H,5-7,12,17H2,1-4H3. The van der Waals surface area contributed by atoms with Gasteiger partial charge in [-0.3, -0.25) is 4.90 Å². The molecular weight excluding hydrogens is 220 g/mol. The Kier molecular flexibility index (Phi) is 6.20. The SMILES string of the molecule is CCC(CC)CN(CC)C(C)c1ccc(N)cc1. The highest BCUT2D eigenvalue weighted by molar-refractivity contribution is 5.40. The summed E-state index contributed by atoms with van der Waals surface area (Å²) < 4.78 is 0. The van der Waals surface area contributed by atoms with Gasteiger partial charge in [0.15, 0.2) is 0 Å². The number of nitrogen functional groups attached to an aromatic ring is 1. The smallest absolute Gasteiger partial charge is 0.0319 e. The molecule has 2 heteroatoms. The lowest BCUT2D eigenvalue weighted by Gasteiger charge is -2.31. The molecule has 1 aromatic carbocycles. The van der Waals surface area contributed by atoms with E-state index in [4.69, 9.17) is 5.73 Å². The molecule has 0 aromatic heterocycles. The molecule has 0 saturated carbocycles. The van der Waals surface area contributed by atoms with Gasteiger partial charge in [-0.25, -0.2) is 0 Å². The summed E-state index contributed by atoms with van der Waals surface area (Å²) in [5.74, 6) is 0.807. The van der Waals surface area contributed by atoms with Crippen LogP contribution in [0.15, 0.2) is 24.3 Å². The number of nitrogens with zero attached hydrogens (tertiary/aromatic N) is 1. The van der Waals surface area contributed by atoms with Crippen LogP contribution < -0.4 is 5.73 Å². The van der Waals surface area contributed by atoms with Crippen molar-refractivity contribution in [3.05, 3.63) is 29.8 Å². The summed E-state index contributed by atoms with van der Waals surface area (Å²) in [7, 11) is 0. The Balaban J connectivity index is 2.72.